The Balaban J connectivity index is 0.00000220. The zero-order valence-electron chi connectivity index (χ0n) is 11.1. The summed E-state index contributed by atoms with van der Waals surface area (Å²) in [7, 11) is 0. The number of amides is 1. The first-order chi connectivity index (χ1) is 9.30. The van der Waals surface area contributed by atoms with Crippen LogP contribution in [0.3, 0.4) is 0 Å². The van der Waals surface area contributed by atoms with Gasteiger partial charge in [-0.25, -0.2) is 0 Å². The molecule has 21 heavy (non-hydrogen) atoms. The maximum Gasteiger partial charge on any atom is 0.573 e. The minimum atomic E-state index is -4.76. The van der Waals surface area contributed by atoms with Crippen molar-refractivity contribution >= 4 is 18.3 Å². The van der Waals surface area contributed by atoms with Gasteiger partial charge in [0.25, 0.3) is 0 Å². The second kappa shape index (κ2) is 6.53. The van der Waals surface area contributed by atoms with E-state index in [1.54, 1.807) is 6.07 Å². The average molecular weight is 325 g/mol. The number of hydrogen-bond donors (Lipinski definition) is 2. The molecule has 4 nitrogen and oxygen atoms in total. The van der Waals surface area contributed by atoms with E-state index in [0.29, 0.717) is 12.8 Å². The molecule has 0 radical (unpaired) electrons. The van der Waals surface area contributed by atoms with Crippen LogP contribution in [0.1, 0.15) is 24.8 Å². The number of alkyl halides is 3. The van der Waals surface area contributed by atoms with E-state index >= 15 is 0 Å². The summed E-state index contributed by atoms with van der Waals surface area (Å²) in [5.74, 6) is -0.662. The molecule has 0 aliphatic heterocycles. The molecule has 1 saturated carbocycles. The molecule has 0 heterocycles. The fourth-order valence-electron chi connectivity index (χ4n) is 2.01. The summed E-state index contributed by atoms with van der Waals surface area (Å²) in [6, 6.07) is 5.68. The SMILES string of the molecule is Cl.NC1(C(=O)NCc2ccccc2OC(F)(F)F)CCC1. The lowest BCUT2D eigenvalue weighted by Crippen LogP contribution is -2.58. The molecule has 0 bridgehead atoms. The first kappa shape index (κ1) is 17.6. The summed E-state index contributed by atoms with van der Waals surface area (Å²) in [5.41, 5.74) is 5.20. The molecule has 1 aliphatic carbocycles. The Kier molecular flexibility index (Phi) is 5.47. The number of hydrogen-bond acceptors (Lipinski definition) is 3. The lowest BCUT2D eigenvalue weighted by atomic mass is 9.77. The standard InChI is InChI=1S/C13H15F3N2O2.ClH/c14-13(15,16)20-10-5-2-1-4-9(10)8-18-11(19)12(17)6-3-7-12;/h1-2,4-5H,3,6-8,17H2,(H,18,19);1H. The molecule has 1 amide bonds. The number of nitrogens with two attached hydrogens (primary N) is 1. The molecule has 0 saturated heterocycles. The van der Waals surface area contributed by atoms with Crippen LogP contribution in [0.5, 0.6) is 5.75 Å². The van der Waals surface area contributed by atoms with E-state index in [-0.39, 0.29) is 36.2 Å². The first-order valence-corrected chi connectivity index (χ1v) is 6.21. The van der Waals surface area contributed by atoms with Gasteiger partial charge in [-0.15, -0.1) is 25.6 Å². The Labute approximate surface area is 126 Å². The molecule has 1 aromatic carbocycles. The van der Waals surface area contributed by atoms with E-state index in [1.165, 1.54) is 18.2 Å². The molecule has 1 aliphatic rings. The maximum absolute atomic E-state index is 12.2. The van der Waals surface area contributed by atoms with Crippen LogP contribution in [-0.2, 0) is 11.3 Å². The van der Waals surface area contributed by atoms with Gasteiger partial charge in [0.05, 0.1) is 5.54 Å². The van der Waals surface area contributed by atoms with Gasteiger partial charge in [0, 0.05) is 12.1 Å². The highest BCUT2D eigenvalue weighted by Crippen LogP contribution is 2.30. The van der Waals surface area contributed by atoms with E-state index < -0.39 is 11.9 Å². The van der Waals surface area contributed by atoms with Gasteiger partial charge in [0.15, 0.2) is 0 Å². The minimum Gasteiger partial charge on any atom is -0.405 e. The normalized spacial score (nSPS) is 16.4. The number of carbonyl (C=O) groups excluding carboxylic acids is 1. The second-order valence-electron chi connectivity index (χ2n) is 4.85. The van der Waals surface area contributed by atoms with Crippen molar-refractivity contribution in [3.8, 4) is 5.75 Å². The van der Waals surface area contributed by atoms with Crippen molar-refractivity contribution in [2.24, 2.45) is 5.73 Å². The molecule has 3 N–H and O–H groups in total. The Hall–Kier alpha value is -1.47. The molecule has 0 unspecified atom stereocenters. The van der Waals surface area contributed by atoms with Crippen LogP contribution in [0.2, 0.25) is 0 Å². The van der Waals surface area contributed by atoms with Crippen LogP contribution in [0.25, 0.3) is 0 Å². The largest absolute Gasteiger partial charge is 0.573 e. The van der Waals surface area contributed by atoms with Crippen LogP contribution < -0.4 is 15.8 Å². The summed E-state index contributed by atoms with van der Waals surface area (Å²) < 4.78 is 40.6. The smallest absolute Gasteiger partial charge is 0.405 e. The van der Waals surface area contributed by atoms with Crippen molar-refractivity contribution in [2.45, 2.75) is 37.7 Å². The number of nitrogens with one attached hydrogen (secondary N) is 1. The molecule has 1 aromatic rings. The number of halogens is 4. The Morgan fingerprint density at radius 1 is 1.33 bits per heavy atom. The molecule has 118 valence electrons. The molecule has 0 aromatic heterocycles. The summed E-state index contributed by atoms with van der Waals surface area (Å²) in [6.07, 6.45) is -2.68. The molecule has 1 fully saturated rings. The van der Waals surface area contributed by atoms with Crippen LogP contribution in [0.4, 0.5) is 13.2 Å². The predicted octanol–water partition coefficient (Wildman–Crippen LogP) is 2.50. The Morgan fingerprint density at radius 3 is 2.48 bits per heavy atom. The van der Waals surface area contributed by atoms with Gasteiger partial charge in [-0.2, -0.15) is 0 Å². The van der Waals surface area contributed by atoms with Gasteiger partial charge < -0.3 is 15.8 Å². The Morgan fingerprint density at radius 2 is 1.95 bits per heavy atom. The quantitative estimate of drug-likeness (QED) is 0.894. The van der Waals surface area contributed by atoms with Gasteiger partial charge in [0.2, 0.25) is 5.91 Å². The van der Waals surface area contributed by atoms with Crippen molar-refractivity contribution in [3.05, 3.63) is 29.8 Å². The molecule has 0 spiro atoms. The van der Waals surface area contributed by atoms with Crippen molar-refractivity contribution in [2.75, 3.05) is 0 Å². The molecular formula is C13H16ClF3N2O2. The zero-order chi connectivity index (χ0) is 14.8. The number of para-hydroxylation sites is 1. The highest BCUT2D eigenvalue weighted by molar-refractivity contribution is 5.87. The van der Waals surface area contributed by atoms with Crippen molar-refractivity contribution < 1.29 is 22.7 Å². The highest BCUT2D eigenvalue weighted by Gasteiger charge is 2.40. The minimum absolute atomic E-state index is 0. The lowest BCUT2D eigenvalue weighted by molar-refractivity contribution is -0.274. The van der Waals surface area contributed by atoms with Gasteiger partial charge >= 0.3 is 6.36 Å². The fourth-order valence-corrected chi connectivity index (χ4v) is 2.01. The number of ether oxygens (including phenoxy) is 1. The van der Waals surface area contributed by atoms with Gasteiger partial charge in [-0.1, -0.05) is 18.2 Å². The number of benzene rings is 1. The molecular weight excluding hydrogens is 309 g/mol. The number of carbonyl (C=O) groups is 1. The van der Waals surface area contributed by atoms with Crippen molar-refractivity contribution in [1.82, 2.24) is 5.32 Å². The fraction of sp³-hybridized carbons (Fsp3) is 0.462. The second-order valence-corrected chi connectivity index (χ2v) is 4.85. The van der Waals surface area contributed by atoms with Crippen molar-refractivity contribution in [3.63, 3.8) is 0 Å². The van der Waals surface area contributed by atoms with E-state index in [1.807, 2.05) is 0 Å². The van der Waals surface area contributed by atoms with Gasteiger partial charge in [-0.05, 0) is 25.3 Å². The molecule has 0 atom stereocenters. The van der Waals surface area contributed by atoms with Gasteiger partial charge in [-0.3, -0.25) is 4.79 Å². The van der Waals surface area contributed by atoms with E-state index in [4.69, 9.17) is 5.73 Å². The summed E-state index contributed by atoms with van der Waals surface area (Å²) in [6.45, 7) is -0.0516. The number of rotatable bonds is 4. The third-order valence-electron chi connectivity index (χ3n) is 3.34. The third kappa shape index (κ3) is 4.50. The van der Waals surface area contributed by atoms with Crippen molar-refractivity contribution in [1.29, 1.82) is 0 Å². The lowest BCUT2D eigenvalue weighted by Gasteiger charge is -2.36. The zero-order valence-corrected chi connectivity index (χ0v) is 11.9. The summed E-state index contributed by atoms with van der Waals surface area (Å²) >= 11 is 0. The summed E-state index contributed by atoms with van der Waals surface area (Å²) in [4.78, 5) is 11.8. The monoisotopic (exact) mass is 324 g/mol. The maximum atomic E-state index is 12.2. The van der Waals surface area contributed by atoms with E-state index in [9.17, 15) is 18.0 Å². The van der Waals surface area contributed by atoms with Crippen LogP contribution in [-0.4, -0.2) is 17.8 Å². The summed E-state index contributed by atoms with van der Waals surface area (Å²) in [5, 5.41) is 2.56. The van der Waals surface area contributed by atoms with Crippen LogP contribution >= 0.6 is 12.4 Å². The molecule has 2 rings (SSSR count). The van der Waals surface area contributed by atoms with E-state index in [0.717, 1.165) is 6.42 Å². The predicted molar refractivity (Wildman–Crippen MR) is 73.0 cm³/mol. The Bertz CT molecular complexity index is 504. The topological polar surface area (TPSA) is 64.4 Å². The van der Waals surface area contributed by atoms with Gasteiger partial charge in [0.1, 0.15) is 5.75 Å². The third-order valence-corrected chi connectivity index (χ3v) is 3.34. The first-order valence-electron chi connectivity index (χ1n) is 6.21. The van der Waals surface area contributed by atoms with Crippen LogP contribution in [0.15, 0.2) is 24.3 Å². The molecule has 8 heteroatoms. The van der Waals surface area contributed by atoms with Crippen LogP contribution in [0, 0.1) is 0 Å². The highest BCUT2D eigenvalue weighted by atomic mass is 35.5. The van der Waals surface area contributed by atoms with E-state index in [2.05, 4.69) is 10.1 Å². The average Bonchev–Trinajstić information content (AvgIpc) is 2.32.